The Morgan fingerprint density at radius 1 is 1.28 bits per heavy atom. The summed E-state index contributed by atoms with van der Waals surface area (Å²) in [6.07, 6.45) is 0.229. The van der Waals surface area contributed by atoms with Crippen molar-refractivity contribution in [2.45, 2.75) is 38.0 Å². The molecule has 0 aliphatic heterocycles. The van der Waals surface area contributed by atoms with Gasteiger partial charge in [0.25, 0.3) is 0 Å². The Labute approximate surface area is 106 Å². The van der Waals surface area contributed by atoms with Gasteiger partial charge in [-0.25, -0.2) is 0 Å². The highest BCUT2D eigenvalue weighted by Crippen LogP contribution is 2.30. The van der Waals surface area contributed by atoms with Crippen LogP contribution in [0.5, 0.6) is 0 Å². The number of nitrogens with zero attached hydrogens (tertiary/aromatic N) is 1. The van der Waals surface area contributed by atoms with Gasteiger partial charge in [-0.05, 0) is 6.42 Å². The van der Waals surface area contributed by atoms with Crippen LogP contribution in [0.3, 0.4) is 0 Å². The molecule has 0 aromatic heterocycles. The molecule has 0 aromatic rings. The molecule has 4 unspecified atom stereocenters. The molecule has 7 heteroatoms. The van der Waals surface area contributed by atoms with Gasteiger partial charge in [-0.2, -0.15) is 0 Å². The van der Waals surface area contributed by atoms with Crippen molar-refractivity contribution in [2.24, 2.45) is 5.92 Å². The van der Waals surface area contributed by atoms with Crippen molar-refractivity contribution in [2.75, 3.05) is 20.8 Å². The van der Waals surface area contributed by atoms with Crippen molar-refractivity contribution in [3.05, 3.63) is 10.1 Å². The van der Waals surface area contributed by atoms with Gasteiger partial charge in [0, 0.05) is 32.5 Å². The van der Waals surface area contributed by atoms with Crippen LogP contribution in [0.25, 0.3) is 0 Å². The largest absolute Gasteiger partial charge is 0.465 e. The molecule has 18 heavy (non-hydrogen) atoms. The Balaban J connectivity index is 2.72. The van der Waals surface area contributed by atoms with Gasteiger partial charge in [0.05, 0.1) is 18.1 Å². The summed E-state index contributed by atoms with van der Waals surface area (Å²) in [5, 5.41) is 11.0. The molecule has 0 amide bonds. The van der Waals surface area contributed by atoms with Crippen LogP contribution < -0.4 is 0 Å². The maximum atomic E-state index is 11.0. The fourth-order valence-corrected chi connectivity index (χ4v) is 2.35. The topological polar surface area (TPSA) is 87.9 Å². The van der Waals surface area contributed by atoms with Crippen LogP contribution in [0, 0.1) is 16.0 Å². The standard InChI is InChI=1S/C11H19NO6/c1-7(13)18-6-8-4-10(16-2)11(17-3)5-9(8)12(14)15/h8-11H,4-6H2,1-3H3. The Bertz CT molecular complexity index is 308. The zero-order valence-electron chi connectivity index (χ0n) is 10.8. The first kappa shape index (κ1) is 14.8. The number of hydrogen-bond donors (Lipinski definition) is 0. The summed E-state index contributed by atoms with van der Waals surface area (Å²) in [5.74, 6) is -0.764. The van der Waals surface area contributed by atoms with Crippen molar-refractivity contribution >= 4 is 5.97 Å². The Kier molecular flexibility index (Phi) is 5.49. The average molecular weight is 261 g/mol. The SMILES string of the molecule is COC1CC(COC(C)=O)C([N+](=O)[O-])CC1OC. The van der Waals surface area contributed by atoms with Gasteiger partial charge in [0.15, 0.2) is 0 Å². The van der Waals surface area contributed by atoms with Crippen LogP contribution in [0.1, 0.15) is 19.8 Å². The lowest BCUT2D eigenvalue weighted by Gasteiger charge is -2.35. The number of hydrogen-bond acceptors (Lipinski definition) is 6. The third-order valence-electron chi connectivity index (χ3n) is 3.34. The molecule has 1 aliphatic carbocycles. The van der Waals surface area contributed by atoms with Crippen molar-refractivity contribution in [1.29, 1.82) is 0 Å². The number of nitro groups is 1. The lowest BCUT2D eigenvalue weighted by Crippen LogP contribution is -2.48. The van der Waals surface area contributed by atoms with Crippen LogP contribution in [-0.4, -0.2) is 50.0 Å². The minimum absolute atomic E-state index is 0.0529. The van der Waals surface area contributed by atoms with Crippen LogP contribution in [0.4, 0.5) is 0 Å². The van der Waals surface area contributed by atoms with Crippen LogP contribution in [0.2, 0.25) is 0 Å². The van der Waals surface area contributed by atoms with E-state index < -0.39 is 12.0 Å². The number of carbonyl (C=O) groups excluding carboxylic acids is 1. The van der Waals surface area contributed by atoms with E-state index in [0.717, 1.165) is 0 Å². The molecule has 1 fully saturated rings. The Hall–Kier alpha value is -1.21. The predicted octanol–water partition coefficient (Wildman–Crippen LogP) is 0.635. The highest BCUT2D eigenvalue weighted by Gasteiger charge is 2.44. The lowest BCUT2D eigenvalue weighted by molar-refractivity contribution is -0.540. The molecule has 4 atom stereocenters. The van der Waals surface area contributed by atoms with Gasteiger partial charge >= 0.3 is 5.97 Å². The van der Waals surface area contributed by atoms with E-state index in [-0.39, 0.29) is 36.1 Å². The molecular formula is C11H19NO6. The summed E-state index contributed by atoms with van der Waals surface area (Å²) in [5.41, 5.74) is 0. The molecule has 0 saturated heterocycles. The smallest absolute Gasteiger partial charge is 0.302 e. The summed E-state index contributed by atoms with van der Waals surface area (Å²) < 4.78 is 15.4. The summed E-state index contributed by atoms with van der Waals surface area (Å²) >= 11 is 0. The molecule has 104 valence electrons. The monoisotopic (exact) mass is 261 g/mol. The Morgan fingerprint density at radius 2 is 1.83 bits per heavy atom. The molecule has 1 aliphatic rings. The number of carbonyl (C=O) groups is 1. The summed E-state index contributed by atoms with van der Waals surface area (Å²) in [6.45, 7) is 1.34. The number of methoxy groups -OCH3 is 2. The molecule has 1 saturated carbocycles. The van der Waals surface area contributed by atoms with Crippen molar-refractivity contribution in [3.8, 4) is 0 Å². The normalized spacial score (nSPS) is 31.9. The number of ether oxygens (including phenoxy) is 3. The molecule has 1 rings (SSSR count). The molecule has 0 heterocycles. The second-order valence-electron chi connectivity index (χ2n) is 4.44. The maximum absolute atomic E-state index is 11.0. The molecule has 0 aromatic carbocycles. The Morgan fingerprint density at radius 3 is 2.28 bits per heavy atom. The van der Waals surface area contributed by atoms with E-state index in [4.69, 9.17) is 14.2 Å². The molecule has 7 nitrogen and oxygen atoms in total. The minimum atomic E-state index is -0.763. The third-order valence-corrected chi connectivity index (χ3v) is 3.34. The minimum Gasteiger partial charge on any atom is -0.465 e. The van der Waals surface area contributed by atoms with Gasteiger partial charge in [0.2, 0.25) is 6.04 Å². The third kappa shape index (κ3) is 3.64. The van der Waals surface area contributed by atoms with Gasteiger partial charge in [-0.1, -0.05) is 0 Å². The van der Waals surface area contributed by atoms with E-state index in [1.54, 1.807) is 7.11 Å². The van der Waals surface area contributed by atoms with Crippen LogP contribution in [0.15, 0.2) is 0 Å². The summed E-state index contributed by atoms with van der Waals surface area (Å²) in [7, 11) is 3.06. The number of esters is 1. The van der Waals surface area contributed by atoms with Crippen molar-refractivity contribution in [1.82, 2.24) is 0 Å². The fraction of sp³-hybridized carbons (Fsp3) is 0.909. The van der Waals surface area contributed by atoms with Crippen LogP contribution >= 0.6 is 0 Å². The molecule has 0 spiro atoms. The molecule has 0 N–H and O–H groups in total. The molecular weight excluding hydrogens is 242 g/mol. The van der Waals surface area contributed by atoms with Crippen molar-refractivity contribution < 1.29 is 23.9 Å². The first-order valence-electron chi connectivity index (χ1n) is 5.82. The quantitative estimate of drug-likeness (QED) is 0.410. The van der Waals surface area contributed by atoms with Gasteiger partial charge in [-0.15, -0.1) is 0 Å². The highest BCUT2D eigenvalue weighted by atomic mass is 16.6. The van der Waals surface area contributed by atoms with E-state index in [0.29, 0.717) is 6.42 Å². The van der Waals surface area contributed by atoms with E-state index in [1.165, 1.54) is 14.0 Å². The maximum Gasteiger partial charge on any atom is 0.302 e. The summed E-state index contributed by atoms with van der Waals surface area (Å²) in [6, 6.07) is -0.763. The second kappa shape index (κ2) is 6.65. The van der Waals surface area contributed by atoms with Gasteiger partial charge < -0.3 is 14.2 Å². The zero-order valence-corrected chi connectivity index (χ0v) is 10.8. The van der Waals surface area contributed by atoms with E-state index in [9.17, 15) is 14.9 Å². The van der Waals surface area contributed by atoms with Crippen LogP contribution in [-0.2, 0) is 19.0 Å². The molecule has 0 radical (unpaired) electrons. The second-order valence-corrected chi connectivity index (χ2v) is 4.44. The fourth-order valence-electron chi connectivity index (χ4n) is 2.35. The van der Waals surface area contributed by atoms with E-state index in [1.807, 2.05) is 0 Å². The lowest BCUT2D eigenvalue weighted by atomic mass is 9.81. The predicted molar refractivity (Wildman–Crippen MR) is 61.7 cm³/mol. The zero-order chi connectivity index (χ0) is 13.7. The first-order chi connectivity index (χ1) is 8.49. The average Bonchev–Trinajstić information content (AvgIpc) is 2.34. The summed E-state index contributed by atoms with van der Waals surface area (Å²) in [4.78, 5) is 21.5. The van der Waals surface area contributed by atoms with Gasteiger partial charge in [-0.3, -0.25) is 14.9 Å². The highest BCUT2D eigenvalue weighted by molar-refractivity contribution is 5.65. The van der Waals surface area contributed by atoms with E-state index in [2.05, 4.69) is 0 Å². The van der Waals surface area contributed by atoms with E-state index >= 15 is 0 Å². The number of rotatable bonds is 5. The first-order valence-corrected chi connectivity index (χ1v) is 5.82. The van der Waals surface area contributed by atoms with Gasteiger partial charge in [0.1, 0.15) is 6.61 Å². The molecule has 0 bridgehead atoms. The van der Waals surface area contributed by atoms with Crippen molar-refractivity contribution in [3.63, 3.8) is 0 Å².